The molecule has 6 heteroatoms. The Morgan fingerprint density at radius 1 is 1.12 bits per heavy atom. The summed E-state index contributed by atoms with van der Waals surface area (Å²) < 4.78 is 19.7. The first-order valence-corrected chi connectivity index (χ1v) is 8.55. The molecule has 0 unspecified atom stereocenters. The van der Waals surface area contributed by atoms with E-state index in [1.807, 2.05) is 31.2 Å². The lowest BCUT2D eigenvalue weighted by atomic mass is 9.90. The summed E-state index contributed by atoms with van der Waals surface area (Å²) in [5, 5.41) is 9.64. The van der Waals surface area contributed by atoms with E-state index in [0.717, 1.165) is 11.1 Å². The van der Waals surface area contributed by atoms with Crippen molar-refractivity contribution in [3.8, 4) is 34.1 Å². The Morgan fingerprint density at radius 2 is 1.77 bits per heavy atom. The predicted octanol–water partition coefficient (Wildman–Crippen LogP) is 5.09. The molecule has 2 aromatic carbocycles. The van der Waals surface area contributed by atoms with Crippen LogP contribution in [-0.4, -0.2) is 12.1 Å². The highest BCUT2D eigenvalue weighted by Gasteiger charge is 2.20. The van der Waals surface area contributed by atoms with E-state index in [-0.39, 0.29) is 11.4 Å². The van der Waals surface area contributed by atoms with Gasteiger partial charge in [-0.05, 0) is 58.2 Å². The van der Waals surface area contributed by atoms with Gasteiger partial charge in [-0.3, -0.25) is 0 Å². The molecule has 1 aromatic heterocycles. The number of aryl methyl sites for hydroxylation is 1. The summed E-state index contributed by atoms with van der Waals surface area (Å²) >= 11 is 3.15. The number of methoxy groups -OCH3 is 1. The second-order valence-electron chi connectivity index (χ2n) is 5.68. The van der Waals surface area contributed by atoms with Crippen LogP contribution in [0, 0.1) is 24.1 Å². The normalized spacial score (nSPS) is 10.4. The van der Waals surface area contributed by atoms with E-state index in [4.69, 9.17) is 10.5 Å². The van der Waals surface area contributed by atoms with Crippen LogP contribution in [-0.2, 0) is 0 Å². The number of anilines is 1. The molecule has 0 aliphatic heterocycles. The van der Waals surface area contributed by atoms with E-state index in [0.29, 0.717) is 27.0 Å². The summed E-state index contributed by atoms with van der Waals surface area (Å²) in [5.74, 6) is 0.423. The first-order valence-electron chi connectivity index (χ1n) is 7.76. The van der Waals surface area contributed by atoms with Crippen molar-refractivity contribution in [2.75, 3.05) is 12.8 Å². The van der Waals surface area contributed by atoms with Crippen molar-refractivity contribution in [3.63, 3.8) is 0 Å². The molecule has 0 aliphatic rings. The number of nitrogens with two attached hydrogens (primary N) is 1. The van der Waals surface area contributed by atoms with Gasteiger partial charge in [0, 0.05) is 16.8 Å². The molecule has 1 heterocycles. The minimum Gasteiger partial charge on any atom is -0.497 e. The number of pyridine rings is 1. The highest BCUT2D eigenvalue weighted by Crippen LogP contribution is 2.39. The monoisotopic (exact) mass is 411 g/mol. The van der Waals surface area contributed by atoms with Gasteiger partial charge in [0.05, 0.1) is 11.6 Å². The zero-order chi connectivity index (χ0) is 18.8. The summed E-state index contributed by atoms with van der Waals surface area (Å²) in [6.45, 7) is 1.82. The fraction of sp³-hybridized carbons (Fsp3) is 0.100. The molecule has 0 aliphatic carbocycles. The van der Waals surface area contributed by atoms with Gasteiger partial charge in [-0.15, -0.1) is 0 Å². The summed E-state index contributed by atoms with van der Waals surface area (Å²) in [6, 6.07) is 14.2. The minimum atomic E-state index is -0.417. The minimum absolute atomic E-state index is 0.126. The number of rotatable bonds is 3. The van der Waals surface area contributed by atoms with Crippen molar-refractivity contribution < 1.29 is 9.13 Å². The molecule has 0 amide bonds. The molecule has 0 spiro atoms. The second-order valence-corrected chi connectivity index (χ2v) is 6.53. The van der Waals surface area contributed by atoms with Crippen LogP contribution >= 0.6 is 15.9 Å². The zero-order valence-corrected chi connectivity index (χ0v) is 15.8. The molecule has 2 N–H and O–H groups in total. The number of benzene rings is 2. The summed E-state index contributed by atoms with van der Waals surface area (Å²) in [5.41, 5.74) is 9.56. The van der Waals surface area contributed by atoms with E-state index >= 15 is 0 Å². The van der Waals surface area contributed by atoms with Crippen LogP contribution in [0.2, 0.25) is 0 Å². The molecule has 130 valence electrons. The SMILES string of the molecule is COc1ccc(-c2c(C)nc(N)c(C#N)c2-c2ccc(Br)c(F)c2)cc1. The molecule has 0 bridgehead atoms. The average molecular weight is 412 g/mol. The van der Waals surface area contributed by atoms with Crippen LogP contribution in [0.4, 0.5) is 10.2 Å². The van der Waals surface area contributed by atoms with Gasteiger partial charge < -0.3 is 10.5 Å². The first-order chi connectivity index (χ1) is 12.5. The smallest absolute Gasteiger partial charge is 0.142 e. The lowest BCUT2D eigenvalue weighted by molar-refractivity contribution is 0.415. The van der Waals surface area contributed by atoms with Gasteiger partial charge >= 0.3 is 0 Å². The third-order valence-electron chi connectivity index (χ3n) is 4.10. The van der Waals surface area contributed by atoms with Gasteiger partial charge in [0.15, 0.2) is 0 Å². The summed E-state index contributed by atoms with van der Waals surface area (Å²) in [7, 11) is 1.59. The number of nitrogens with zero attached hydrogens (tertiary/aromatic N) is 2. The molecular formula is C20H15BrFN3O. The summed E-state index contributed by atoms with van der Waals surface area (Å²) in [4.78, 5) is 4.31. The maximum atomic E-state index is 14.1. The van der Waals surface area contributed by atoms with Crippen molar-refractivity contribution in [2.45, 2.75) is 6.92 Å². The Morgan fingerprint density at radius 3 is 2.35 bits per heavy atom. The van der Waals surface area contributed by atoms with Crippen molar-refractivity contribution in [2.24, 2.45) is 0 Å². The largest absolute Gasteiger partial charge is 0.497 e. The third-order valence-corrected chi connectivity index (χ3v) is 4.75. The quantitative estimate of drug-likeness (QED) is 0.651. The molecule has 0 radical (unpaired) electrons. The van der Waals surface area contributed by atoms with Gasteiger partial charge in [-0.1, -0.05) is 18.2 Å². The van der Waals surface area contributed by atoms with Crippen LogP contribution in [0.1, 0.15) is 11.3 Å². The Labute approximate surface area is 159 Å². The molecule has 0 fully saturated rings. The molecule has 3 rings (SSSR count). The highest BCUT2D eigenvalue weighted by atomic mass is 79.9. The maximum Gasteiger partial charge on any atom is 0.142 e. The number of halogens is 2. The fourth-order valence-corrected chi connectivity index (χ4v) is 3.14. The standard InChI is InChI=1S/C20H15BrFN3O/c1-11-18(12-3-6-14(26-2)7-4-12)19(15(10-23)20(24)25-11)13-5-8-16(21)17(22)9-13/h3-9H,1-2H3,(H2,24,25). The van der Waals surface area contributed by atoms with Gasteiger partial charge in [0.1, 0.15) is 29.0 Å². The molecule has 0 saturated heterocycles. The lowest BCUT2D eigenvalue weighted by Crippen LogP contribution is -2.03. The number of ether oxygens (including phenoxy) is 1. The van der Waals surface area contributed by atoms with E-state index in [1.165, 1.54) is 6.07 Å². The molecule has 0 atom stereocenters. The lowest BCUT2D eigenvalue weighted by Gasteiger charge is -2.17. The second kappa shape index (κ2) is 7.14. The van der Waals surface area contributed by atoms with Crippen LogP contribution in [0.15, 0.2) is 46.9 Å². The highest BCUT2D eigenvalue weighted by molar-refractivity contribution is 9.10. The Hall–Kier alpha value is -2.91. The Kier molecular flexibility index (Phi) is 4.92. The van der Waals surface area contributed by atoms with Gasteiger partial charge in [0.25, 0.3) is 0 Å². The van der Waals surface area contributed by atoms with E-state index < -0.39 is 5.82 Å². The number of aromatic nitrogens is 1. The number of hydrogen-bond acceptors (Lipinski definition) is 4. The van der Waals surface area contributed by atoms with Gasteiger partial charge in [0.2, 0.25) is 0 Å². The van der Waals surface area contributed by atoms with Crippen molar-refractivity contribution >= 4 is 21.7 Å². The fourth-order valence-electron chi connectivity index (χ4n) is 2.89. The van der Waals surface area contributed by atoms with E-state index in [9.17, 15) is 9.65 Å². The maximum absolute atomic E-state index is 14.1. The van der Waals surface area contributed by atoms with Crippen LogP contribution < -0.4 is 10.5 Å². The molecule has 26 heavy (non-hydrogen) atoms. The number of hydrogen-bond donors (Lipinski definition) is 1. The van der Waals surface area contributed by atoms with Crippen molar-refractivity contribution in [1.29, 1.82) is 5.26 Å². The average Bonchev–Trinajstić information content (AvgIpc) is 2.63. The predicted molar refractivity (Wildman–Crippen MR) is 103 cm³/mol. The van der Waals surface area contributed by atoms with Gasteiger partial charge in [-0.25, -0.2) is 9.37 Å². The molecular weight excluding hydrogens is 397 g/mol. The Balaban J connectivity index is 2.36. The summed E-state index contributed by atoms with van der Waals surface area (Å²) in [6.07, 6.45) is 0. The zero-order valence-electron chi connectivity index (χ0n) is 14.2. The van der Waals surface area contributed by atoms with Gasteiger partial charge in [-0.2, -0.15) is 5.26 Å². The molecule has 4 nitrogen and oxygen atoms in total. The van der Waals surface area contributed by atoms with Crippen molar-refractivity contribution in [1.82, 2.24) is 4.98 Å². The van der Waals surface area contributed by atoms with E-state index in [2.05, 4.69) is 27.0 Å². The third kappa shape index (κ3) is 3.14. The number of nitrogen functional groups attached to an aromatic ring is 1. The van der Waals surface area contributed by atoms with Crippen molar-refractivity contribution in [3.05, 3.63) is 64.0 Å². The topological polar surface area (TPSA) is 71.9 Å². The van der Waals surface area contributed by atoms with Crippen LogP contribution in [0.5, 0.6) is 5.75 Å². The molecule has 3 aromatic rings. The molecule has 0 saturated carbocycles. The van der Waals surface area contributed by atoms with E-state index in [1.54, 1.807) is 19.2 Å². The van der Waals surface area contributed by atoms with Crippen LogP contribution in [0.3, 0.4) is 0 Å². The van der Waals surface area contributed by atoms with Crippen LogP contribution in [0.25, 0.3) is 22.3 Å². The first kappa shape index (κ1) is 17.9. The Bertz CT molecular complexity index is 1030. The number of nitriles is 1.